The molecule has 1 heterocycles. The number of anilines is 1. The predicted octanol–water partition coefficient (Wildman–Crippen LogP) is 1.80. The van der Waals surface area contributed by atoms with Crippen molar-refractivity contribution in [1.29, 1.82) is 0 Å². The monoisotopic (exact) mass is 346 g/mol. The average Bonchev–Trinajstić information content (AvgIpc) is 2.86. The summed E-state index contributed by atoms with van der Waals surface area (Å²) in [6.07, 6.45) is 0. The molecule has 1 aromatic carbocycles. The zero-order valence-electron chi connectivity index (χ0n) is 15.2. The number of ether oxygens (including phenoxy) is 1. The smallest absolute Gasteiger partial charge is 0.269 e. The van der Waals surface area contributed by atoms with Crippen molar-refractivity contribution in [2.24, 2.45) is 0 Å². The van der Waals surface area contributed by atoms with Crippen LogP contribution in [0.25, 0.3) is 0 Å². The van der Waals surface area contributed by atoms with E-state index in [2.05, 4.69) is 15.7 Å². The third kappa shape index (κ3) is 4.30. The van der Waals surface area contributed by atoms with Gasteiger partial charge in [-0.15, -0.1) is 0 Å². The molecule has 0 unspecified atom stereocenters. The van der Waals surface area contributed by atoms with E-state index in [4.69, 9.17) is 4.74 Å². The van der Waals surface area contributed by atoms with Crippen molar-refractivity contribution in [3.8, 4) is 0 Å². The molecule has 7 heteroatoms. The van der Waals surface area contributed by atoms with Gasteiger partial charge in [-0.3, -0.25) is 19.4 Å². The summed E-state index contributed by atoms with van der Waals surface area (Å²) in [4.78, 5) is 24.6. The van der Waals surface area contributed by atoms with Gasteiger partial charge in [-0.05, 0) is 38.5 Å². The molecule has 136 valence electrons. The third-order valence-electron chi connectivity index (χ3n) is 4.24. The molecule has 0 spiro atoms. The Kier molecular flexibility index (Phi) is 6.41. The molecule has 7 nitrogen and oxygen atoms in total. The molecule has 0 aliphatic heterocycles. The summed E-state index contributed by atoms with van der Waals surface area (Å²) in [5.41, 5.74) is 3.61. The highest BCUT2D eigenvalue weighted by Crippen LogP contribution is 2.18. The van der Waals surface area contributed by atoms with E-state index >= 15 is 0 Å². The van der Waals surface area contributed by atoms with Crippen LogP contribution in [-0.4, -0.2) is 35.9 Å². The van der Waals surface area contributed by atoms with E-state index < -0.39 is 0 Å². The van der Waals surface area contributed by atoms with Crippen LogP contribution in [-0.2, 0) is 17.8 Å². The quantitative estimate of drug-likeness (QED) is 0.680. The average molecular weight is 346 g/mol. The van der Waals surface area contributed by atoms with Gasteiger partial charge < -0.3 is 15.4 Å². The minimum Gasteiger partial charge on any atom is -0.385 e. The number of hydrogen-bond acceptors (Lipinski definition) is 4. The Morgan fingerprint density at radius 2 is 2.08 bits per heavy atom. The Morgan fingerprint density at radius 3 is 2.76 bits per heavy atom. The first-order valence-corrected chi connectivity index (χ1v) is 8.38. The van der Waals surface area contributed by atoms with E-state index in [1.807, 2.05) is 32.9 Å². The lowest BCUT2D eigenvalue weighted by Crippen LogP contribution is -2.26. The summed E-state index contributed by atoms with van der Waals surface area (Å²) < 4.78 is 6.77. The number of carbonyl (C=O) groups excluding carboxylic acids is 1. The van der Waals surface area contributed by atoms with E-state index in [1.165, 1.54) is 0 Å². The molecule has 1 amide bonds. The van der Waals surface area contributed by atoms with Gasteiger partial charge in [-0.2, -0.15) is 0 Å². The highest BCUT2D eigenvalue weighted by Gasteiger charge is 2.15. The number of aromatic nitrogens is 2. The number of benzene rings is 1. The van der Waals surface area contributed by atoms with Crippen LogP contribution in [0.1, 0.15) is 34.1 Å². The number of nitrogens with zero attached hydrogens (tertiary/aromatic N) is 1. The lowest BCUT2D eigenvalue weighted by molar-refractivity contribution is 0.0950. The third-order valence-corrected chi connectivity index (χ3v) is 4.24. The highest BCUT2D eigenvalue weighted by molar-refractivity contribution is 5.97. The molecule has 0 bridgehead atoms. The fourth-order valence-corrected chi connectivity index (χ4v) is 2.74. The maximum absolute atomic E-state index is 12.5. The molecular weight excluding hydrogens is 320 g/mol. The van der Waals surface area contributed by atoms with Crippen molar-refractivity contribution in [1.82, 2.24) is 15.1 Å². The molecule has 2 rings (SSSR count). The molecule has 0 aliphatic rings. The Labute approximate surface area is 147 Å². The summed E-state index contributed by atoms with van der Waals surface area (Å²) in [5, 5.41) is 8.85. The number of methoxy groups -OCH3 is 1. The van der Waals surface area contributed by atoms with E-state index in [-0.39, 0.29) is 18.0 Å². The number of amides is 1. The molecule has 0 saturated carbocycles. The van der Waals surface area contributed by atoms with Gasteiger partial charge in [0.15, 0.2) is 0 Å². The number of rotatable bonds is 8. The number of hydrogen-bond donors (Lipinski definition) is 3. The van der Waals surface area contributed by atoms with Gasteiger partial charge in [0.1, 0.15) is 0 Å². The fourth-order valence-electron chi connectivity index (χ4n) is 2.74. The van der Waals surface area contributed by atoms with Crippen LogP contribution in [0.15, 0.2) is 23.0 Å². The first kappa shape index (κ1) is 18.8. The summed E-state index contributed by atoms with van der Waals surface area (Å²) in [7, 11) is 1.61. The second-order valence-electron chi connectivity index (χ2n) is 5.84. The van der Waals surface area contributed by atoms with Gasteiger partial charge in [0.2, 0.25) is 0 Å². The maximum atomic E-state index is 12.5. The Balaban J connectivity index is 2.12. The van der Waals surface area contributed by atoms with Crippen molar-refractivity contribution < 1.29 is 9.53 Å². The second-order valence-corrected chi connectivity index (χ2v) is 5.84. The largest absolute Gasteiger partial charge is 0.385 e. The van der Waals surface area contributed by atoms with E-state index in [0.717, 1.165) is 23.5 Å². The molecule has 0 saturated heterocycles. The molecule has 25 heavy (non-hydrogen) atoms. The first-order chi connectivity index (χ1) is 12.0. The second kappa shape index (κ2) is 8.53. The minimum absolute atomic E-state index is 0.185. The number of carbonyl (C=O) groups is 1. The SMILES string of the molecule is CCNc1cccc(C(=O)NCc2c(C)n(CCOC)[nH]c2=O)c1C. The van der Waals surface area contributed by atoms with Crippen LogP contribution in [0.5, 0.6) is 0 Å². The van der Waals surface area contributed by atoms with Crippen molar-refractivity contribution in [3.63, 3.8) is 0 Å². The molecule has 3 N–H and O–H groups in total. The van der Waals surface area contributed by atoms with E-state index in [1.54, 1.807) is 17.9 Å². The van der Waals surface area contributed by atoms with Gasteiger partial charge in [0.25, 0.3) is 11.5 Å². The van der Waals surface area contributed by atoms with E-state index in [9.17, 15) is 9.59 Å². The Morgan fingerprint density at radius 1 is 1.32 bits per heavy atom. The van der Waals surface area contributed by atoms with Gasteiger partial charge in [-0.1, -0.05) is 6.07 Å². The number of nitrogens with one attached hydrogen (secondary N) is 3. The van der Waals surface area contributed by atoms with Crippen LogP contribution >= 0.6 is 0 Å². The lowest BCUT2D eigenvalue weighted by atomic mass is 10.1. The molecule has 0 radical (unpaired) electrons. The van der Waals surface area contributed by atoms with Crippen LogP contribution in [0.2, 0.25) is 0 Å². The van der Waals surface area contributed by atoms with Crippen molar-refractivity contribution in [2.75, 3.05) is 25.6 Å². The van der Waals surface area contributed by atoms with Gasteiger partial charge >= 0.3 is 0 Å². The Hall–Kier alpha value is -2.54. The molecule has 1 aromatic heterocycles. The van der Waals surface area contributed by atoms with E-state index in [0.29, 0.717) is 24.3 Å². The zero-order chi connectivity index (χ0) is 18.4. The minimum atomic E-state index is -0.194. The normalized spacial score (nSPS) is 10.7. The fraction of sp³-hybridized carbons (Fsp3) is 0.444. The molecule has 0 atom stereocenters. The van der Waals surface area contributed by atoms with Crippen molar-refractivity contribution in [3.05, 3.63) is 50.9 Å². The number of aromatic amines is 1. The standard InChI is InChI=1S/C18H26N4O3/c1-5-19-16-8-6-7-14(12(16)2)17(23)20-11-15-13(3)22(9-10-25-4)21-18(15)24/h6-8,19H,5,9-11H2,1-4H3,(H,20,23)(H,21,24). The predicted molar refractivity (Wildman–Crippen MR) is 98.2 cm³/mol. The maximum Gasteiger partial charge on any atom is 0.269 e. The van der Waals surface area contributed by atoms with Crippen molar-refractivity contribution >= 4 is 11.6 Å². The van der Waals surface area contributed by atoms with Crippen LogP contribution in [0, 0.1) is 13.8 Å². The topological polar surface area (TPSA) is 88.2 Å². The van der Waals surface area contributed by atoms with Crippen LogP contribution < -0.4 is 16.2 Å². The summed E-state index contributed by atoms with van der Waals surface area (Å²) in [6.45, 7) is 7.82. The van der Waals surface area contributed by atoms with Crippen LogP contribution in [0.3, 0.4) is 0 Å². The van der Waals surface area contributed by atoms with Crippen molar-refractivity contribution in [2.45, 2.75) is 33.9 Å². The van der Waals surface area contributed by atoms with Gasteiger partial charge in [-0.25, -0.2) is 0 Å². The molecule has 2 aromatic rings. The summed E-state index contributed by atoms with van der Waals surface area (Å²) in [5.74, 6) is -0.194. The summed E-state index contributed by atoms with van der Waals surface area (Å²) >= 11 is 0. The molecule has 0 fully saturated rings. The summed E-state index contributed by atoms with van der Waals surface area (Å²) in [6, 6.07) is 5.58. The molecule has 0 aliphatic carbocycles. The lowest BCUT2D eigenvalue weighted by Gasteiger charge is -2.12. The zero-order valence-corrected chi connectivity index (χ0v) is 15.2. The van der Waals surface area contributed by atoms with Gasteiger partial charge in [0, 0.05) is 30.6 Å². The first-order valence-electron chi connectivity index (χ1n) is 8.38. The van der Waals surface area contributed by atoms with Gasteiger partial charge in [0.05, 0.1) is 25.3 Å². The highest BCUT2D eigenvalue weighted by atomic mass is 16.5. The Bertz CT molecular complexity index is 792. The number of H-pyrrole nitrogens is 1. The van der Waals surface area contributed by atoms with Crippen LogP contribution in [0.4, 0.5) is 5.69 Å². The molecular formula is C18H26N4O3.